The first-order valence-electron chi connectivity index (χ1n) is 17.9. The zero-order valence-corrected chi connectivity index (χ0v) is 28.5. The van der Waals surface area contributed by atoms with Gasteiger partial charge in [0.25, 0.3) is 0 Å². The Kier molecular flexibility index (Phi) is 6.55. The number of hydrogen-bond donors (Lipinski definition) is 1. The molecule has 1 atom stereocenters. The van der Waals surface area contributed by atoms with Gasteiger partial charge in [0.1, 0.15) is 11.9 Å². The minimum atomic E-state index is -0.313. The van der Waals surface area contributed by atoms with Crippen LogP contribution in [0.1, 0.15) is 22.9 Å². The molecule has 0 aliphatic carbocycles. The molecule has 3 aliphatic heterocycles. The summed E-state index contributed by atoms with van der Waals surface area (Å²) in [6.45, 7) is 0. The topological polar surface area (TPSA) is 46.1 Å². The molecule has 0 bridgehead atoms. The molecule has 0 amide bonds. The third-order valence-corrected chi connectivity index (χ3v) is 10.5. The van der Waals surface area contributed by atoms with E-state index in [1.165, 1.54) is 21.9 Å². The molecule has 11 rings (SSSR count). The van der Waals surface area contributed by atoms with Crippen molar-refractivity contribution in [3.63, 3.8) is 0 Å². The number of ether oxygens (including phenoxy) is 2. The van der Waals surface area contributed by atoms with Gasteiger partial charge in [0, 0.05) is 22.1 Å². The molecule has 5 nitrogen and oxygen atoms in total. The number of fused-ring (bicyclic) bond motifs is 7. The lowest BCUT2D eigenvalue weighted by Crippen LogP contribution is -2.21. The van der Waals surface area contributed by atoms with Crippen molar-refractivity contribution in [2.24, 2.45) is 4.99 Å². The lowest BCUT2D eigenvalue weighted by Gasteiger charge is -2.38. The Morgan fingerprint density at radius 3 is 2.08 bits per heavy atom. The maximum absolute atomic E-state index is 6.76. The van der Waals surface area contributed by atoms with E-state index < -0.39 is 0 Å². The van der Waals surface area contributed by atoms with Crippen LogP contribution in [0.25, 0.3) is 33.0 Å². The van der Waals surface area contributed by atoms with Crippen LogP contribution >= 0.6 is 0 Å². The van der Waals surface area contributed by atoms with Gasteiger partial charge in [-0.1, -0.05) is 140 Å². The SMILES string of the molecule is c1ccc(-c2ccc(C3=NC(c4cccc(-c5cccc6c5Oc5cccc7c5N6c5ccccc5O7)c4)Nc4c3ccc3ccccc43)cc2)cc1. The highest BCUT2D eigenvalue weighted by atomic mass is 16.5. The molecular weight excluding hydrogens is 651 g/mol. The van der Waals surface area contributed by atoms with Crippen LogP contribution in [0.5, 0.6) is 23.0 Å². The van der Waals surface area contributed by atoms with Crippen LogP contribution in [-0.4, -0.2) is 5.71 Å². The molecule has 3 aliphatic rings. The van der Waals surface area contributed by atoms with E-state index in [4.69, 9.17) is 14.5 Å². The monoisotopic (exact) mass is 681 g/mol. The molecule has 250 valence electrons. The minimum Gasteiger partial charge on any atom is -0.453 e. The lowest BCUT2D eigenvalue weighted by atomic mass is 9.92. The van der Waals surface area contributed by atoms with Crippen LogP contribution in [0.15, 0.2) is 181 Å². The van der Waals surface area contributed by atoms with Crippen molar-refractivity contribution in [2.75, 3.05) is 10.2 Å². The number of anilines is 4. The molecule has 0 radical (unpaired) electrons. The predicted molar refractivity (Wildman–Crippen MR) is 215 cm³/mol. The Bertz CT molecular complexity index is 2770. The van der Waals surface area contributed by atoms with Crippen molar-refractivity contribution < 1.29 is 9.47 Å². The number of nitrogens with zero attached hydrogens (tertiary/aromatic N) is 2. The summed E-state index contributed by atoms with van der Waals surface area (Å²) in [6.07, 6.45) is -0.313. The largest absolute Gasteiger partial charge is 0.453 e. The van der Waals surface area contributed by atoms with Crippen molar-refractivity contribution in [1.29, 1.82) is 0 Å². The summed E-state index contributed by atoms with van der Waals surface area (Å²) in [5.41, 5.74) is 12.6. The van der Waals surface area contributed by atoms with Gasteiger partial charge in [-0.3, -0.25) is 9.89 Å². The van der Waals surface area contributed by atoms with E-state index in [1.807, 2.05) is 42.5 Å². The molecule has 0 aromatic heterocycles. The average Bonchev–Trinajstić information content (AvgIpc) is 3.23. The van der Waals surface area contributed by atoms with Gasteiger partial charge in [0.2, 0.25) is 0 Å². The summed E-state index contributed by atoms with van der Waals surface area (Å²) in [4.78, 5) is 7.71. The second kappa shape index (κ2) is 11.7. The summed E-state index contributed by atoms with van der Waals surface area (Å²) in [7, 11) is 0. The molecule has 5 heteroatoms. The minimum absolute atomic E-state index is 0.313. The second-order valence-electron chi connectivity index (χ2n) is 13.6. The molecule has 0 saturated carbocycles. The quantitative estimate of drug-likeness (QED) is 0.201. The number of rotatable bonds is 4. The van der Waals surface area contributed by atoms with Crippen molar-refractivity contribution in [3.8, 4) is 45.3 Å². The summed E-state index contributed by atoms with van der Waals surface area (Å²) >= 11 is 0. The molecule has 53 heavy (non-hydrogen) atoms. The first-order valence-corrected chi connectivity index (χ1v) is 17.9. The predicted octanol–water partition coefficient (Wildman–Crippen LogP) is 12.8. The van der Waals surface area contributed by atoms with Crippen molar-refractivity contribution in [3.05, 3.63) is 193 Å². The van der Waals surface area contributed by atoms with Gasteiger partial charge in [-0.15, -0.1) is 0 Å². The van der Waals surface area contributed by atoms with Crippen LogP contribution in [0.3, 0.4) is 0 Å². The highest BCUT2D eigenvalue weighted by Gasteiger charge is 2.35. The maximum atomic E-state index is 6.76. The van der Waals surface area contributed by atoms with E-state index in [0.29, 0.717) is 0 Å². The first kappa shape index (κ1) is 29.6. The van der Waals surface area contributed by atoms with Gasteiger partial charge in [-0.25, -0.2) is 0 Å². The zero-order chi connectivity index (χ0) is 34.9. The van der Waals surface area contributed by atoms with Crippen LogP contribution in [0.2, 0.25) is 0 Å². The smallest absolute Gasteiger partial charge is 0.159 e. The van der Waals surface area contributed by atoms with E-state index in [9.17, 15) is 0 Å². The van der Waals surface area contributed by atoms with E-state index in [0.717, 1.165) is 79.3 Å². The Labute approximate surface area is 307 Å². The fourth-order valence-electron chi connectivity index (χ4n) is 7.96. The van der Waals surface area contributed by atoms with Crippen LogP contribution < -0.4 is 19.7 Å². The van der Waals surface area contributed by atoms with Gasteiger partial charge in [0.15, 0.2) is 23.0 Å². The molecule has 1 N–H and O–H groups in total. The standard InChI is InChI=1S/C48H31N3O2/c1-2-11-30(12-3-1)31-23-25-33(26-24-31)44-38-28-27-32-13-4-5-16-36(32)45(38)50-48(49-44)35-15-8-14-34(29-35)37-17-9-19-40-47(37)53-43-22-10-21-42-46(43)51(40)39-18-6-7-20-41(39)52-42/h1-29,48,50H. The molecule has 0 spiro atoms. The molecule has 8 aromatic rings. The van der Waals surface area contributed by atoms with E-state index in [-0.39, 0.29) is 6.17 Å². The maximum Gasteiger partial charge on any atom is 0.159 e. The zero-order valence-electron chi connectivity index (χ0n) is 28.5. The number of nitrogens with one attached hydrogen (secondary N) is 1. The average molecular weight is 682 g/mol. The van der Waals surface area contributed by atoms with Crippen LogP contribution in [-0.2, 0) is 0 Å². The first-order chi connectivity index (χ1) is 26.3. The van der Waals surface area contributed by atoms with Crippen LogP contribution in [0.4, 0.5) is 22.7 Å². The van der Waals surface area contributed by atoms with Crippen molar-refractivity contribution in [1.82, 2.24) is 0 Å². The van der Waals surface area contributed by atoms with Gasteiger partial charge in [-0.05, 0) is 64.0 Å². The summed E-state index contributed by atoms with van der Waals surface area (Å²) < 4.78 is 13.1. The van der Waals surface area contributed by atoms with Crippen molar-refractivity contribution >= 4 is 39.2 Å². The third-order valence-electron chi connectivity index (χ3n) is 10.5. The molecule has 8 aromatic carbocycles. The molecular formula is C48H31N3O2. The van der Waals surface area contributed by atoms with Gasteiger partial charge < -0.3 is 14.8 Å². The van der Waals surface area contributed by atoms with E-state index >= 15 is 0 Å². The highest BCUT2D eigenvalue weighted by Crippen LogP contribution is 2.61. The molecule has 0 saturated heterocycles. The van der Waals surface area contributed by atoms with Gasteiger partial charge >= 0.3 is 0 Å². The van der Waals surface area contributed by atoms with E-state index in [1.54, 1.807) is 0 Å². The molecule has 3 heterocycles. The Balaban J connectivity index is 1.03. The Morgan fingerprint density at radius 1 is 0.491 bits per heavy atom. The summed E-state index contributed by atoms with van der Waals surface area (Å²) in [6, 6.07) is 61.4. The summed E-state index contributed by atoms with van der Waals surface area (Å²) in [5, 5.41) is 6.21. The van der Waals surface area contributed by atoms with Gasteiger partial charge in [-0.2, -0.15) is 0 Å². The fourth-order valence-corrected chi connectivity index (χ4v) is 7.96. The summed E-state index contributed by atoms with van der Waals surface area (Å²) in [5.74, 6) is 3.16. The lowest BCUT2D eigenvalue weighted by molar-refractivity contribution is 0.447. The second-order valence-corrected chi connectivity index (χ2v) is 13.6. The normalized spacial score (nSPS) is 14.8. The number of benzene rings is 8. The Hall–Kier alpha value is -7.11. The number of para-hydroxylation sites is 4. The van der Waals surface area contributed by atoms with Crippen LogP contribution in [0, 0.1) is 0 Å². The fraction of sp³-hybridized carbons (Fsp3) is 0.0208. The Morgan fingerprint density at radius 2 is 1.17 bits per heavy atom. The van der Waals surface area contributed by atoms with Gasteiger partial charge in [0.05, 0.1) is 22.8 Å². The molecule has 1 unspecified atom stereocenters. The van der Waals surface area contributed by atoms with Crippen molar-refractivity contribution in [2.45, 2.75) is 6.17 Å². The molecule has 0 fully saturated rings. The number of hydrogen-bond acceptors (Lipinski definition) is 5. The highest BCUT2D eigenvalue weighted by molar-refractivity contribution is 6.20. The van der Waals surface area contributed by atoms with E-state index in [2.05, 4.69) is 144 Å². The third kappa shape index (κ3) is 4.75. The number of aliphatic imine (C=N–C) groups is 1.